The molecule has 0 N–H and O–H groups in total. The molecule has 0 aromatic heterocycles. The Balaban J connectivity index is 1.36. The van der Waals surface area contributed by atoms with Crippen LogP contribution in [0.5, 0.6) is 23.0 Å². The summed E-state index contributed by atoms with van der Waals surface area (Å²) in [5, 5.41) is 0. The van der Waals surface area contributed by atoms with Crippen molar-refractivity contribution in [2.24, 2.45) is 0 Å². The highest BCUT2D eigenvalue weighted by atomic mass is 16.5. The first-order valence-electron chi connectivity index (χ1n) is 13.3. The van der Waals surface area contributed by atoms with E-state index in [9.17, 15) is 0 Å². The van der Waals surface area contributed by atoms with E-state index < -0.39 is 0 Å². The third-order valence-corrected chi connectivity index (χ3v) is 7.80. The van der Waals surface area contributed by atoms with E-state index >= 15 is 0 Å². The van der Waals surface area contributed by atoms with Crippen LogP contribution in [0.25, 0.3) is 33.4 Å². The van der Waals surface area contributed by atoms with E-state index in [2.05, 4.69) is 133 Å². The van der Waals surface area contributed by atoms with E-state index in [1.54, 1.807) is 0 Å². The molecule has 0 atom stereocenters. The van der Waals surface area contributed by atoms with Crippen molar-refractivity contribution in [3.8, 4) is 56.4 Å². The van der Waals surface area contributed by atoms with E-state index in [4.69, 9.17) is 9.47 Å². The molecule has 3 heteroatoms. The number of fused-ring (bicyclic) bond motifs is 4. The molecule has 0 radical (unpaired) electrons. The molecule has 0 spiro atoms. The number of hydrogen-bond donors (Lipinski definition) is 0. The van der Waals surface area contributed by atoms with Gasteiger partial charge < -0.3 is 9.47 Å². The number of hydrogen-bond acceptors (Lipinski definition) is 2. The molecular formula is C36H23BO2. The first kappa shape index (κ1) is 22.0. The molecular weight excluding hydrogens is 475 g/mol. The molecule has 6 aromatic rings. The molecule has 0 aliphatic carbocycles. The van der Waals surface area contributed by atoms with Crippen LogP contribution in [-0.4, -0.2) is 6.71 Å². The molecule has 182 valence electrons. The SMILES string of the molecule is c1ccc(-c2cc3c4c(c2)Oc2ccc(-c5ccccc5)cc2B4c2cc(-c4ccccc4)ccc2O3)cc1. The van der Waals surface area contributed by atoms with Crippen LogP contribution in [0.3, 0.4) is 0 Å². The van der Waals surface area contributed by atoms with Crippen LogP contribution in [0.4, 0.5) is 0 Å². The largest absolute Gasteiger partial charge is 0.458 e. The van der Waals surface area contributed by atoms with Crippen molar-refractivity contribution in [3.05, 3.63) is 140 Å². The summed E-state index contributed by atoms with van der Waals surface area (Å²) in [6.45, 7) is -0.000326. The Morgan fingerprint density at radius 2 is 0.744 bits per heavy atom. The van der Waals surface area contributed by atoms with Crippen molar-refractivity contribution in [2.45, 2.75) is 0 Å². The second-order valence-electron chi connectivity index (χ2n) is 10.1. The Morgan fingerprint density at radius 1 is 0.333 bits per heavy atom. The van der Waals surface area contributed by atoms with Gasteiger partial charge in [-0.15, -0.1) is 0 Å². The van der Waals surface area contributed by atoms with Crippen molar-refractivity contribution < 1.29 is 9.47 Å². The number of benzene rings is 6. The van der Waals surface area contributed by atoms with Gasteiger partial charge in [-0.3, -0.25) is 0 Å². The molecule has 0 unspecified atom stereocenters. The molecule has 0 bridgehead atoms. The molecule has 0 fully saturated rings. The maximum Gasteiger partial charge on any atom is 0.260 e. The van der Waals surface area contributed by atoms with Gasteiger partial charge >= 0.3 is 0 Å². The Morgan fingerprint density at radius 3 is 1.18 bits per heavy atom. The maximum absolute atomic E-state index is 6.63. The van der Waals surface area contributed by atoms with Crippen LogP contribution in [0.2, 0.25) is 0 Å². The monoisotopic (exact) mass is 498 g/mol. The lowest BCUT2D eigenvalue weighted by Crippen LogP contribution is -2.57. The minimum Gasteiger partial charge on any atom is -0.458 e. The van der Waals surface area contributed by atoms with Crippen LogP contribution in [0.1, 0.15) is 0 Å². The zero-order chi connectivity index (χ0) is 25.8. The molecule has 2 aliphatic heterocycles. The van der Waals surface area contributed by atoms with Crippen molar-refractivity contribution >= 4 is 23.1 Å². The van der Waals surface area contributed by atoms with Crippen molar-refractivity contribution in [3.63, 3.8) is 0 Å². The number of ether oxygens (including phenoxy) is 2. The highest BCUT2D eigenvalue weighted by molar-refractivity contribution is 6.98. The maximum atomic E-state index is 6.63. The van der Waals surface area contributed by atoms with Crippen LogP contribution in [-0.2, 0) is 0 Å². The Bertz CT molecular complexity index is 1730. The van der Waals surface area contributed by atoms with Crippen LogP contribution >= 0.6 is 0 Å². The summed E-state index contributed by atoms with van der Waals surface area (Å²) in [5.74, 6) is 3.49. The smallest absolute Gasteiger partial charge is 0.260 e. The zero-order valence-corrected chi connectivity index (χ0v) is 21.2. The minimum atomic E-state index is -0.000326. The predicted octanol–water partition coefficient (Wildman–Crippen LogP) is 7.42. The summed E-state index contributed by atoms with van der Waals surface area (Å²) in [7, 11) is 0. The van der Waals surface area contributed by atoms with Crippen molar-refractivity contribution in [1.29, 1.82) is 0 Å². The average molecular weight is 498 g/mol. The minimum absolute atomic E-state index is 0.000326. The third kappa shape index (κ3) is 3.66. The van der Waals surface area contributed by atoms with Gasteiger partial charge in [0.1, 0.15) is 23.0 Å². The van der Waals surface area contributed by atoms with Crippen LogP contribution < -0.4 is 25.9 Å². The van der Waals surface area contributed by atoms with Crippen molar-refractivity contribution in [1.82, 2.24) is 0 Å². The fourth-order valence-corrected chi connectivity index (χ4v) is 5.92. The zero-order valence-electron chi connectivity index (χ0n) is 21.2. The number of rotatable bonds is 3. The Hall–Kier alpha value is -5.02. The fraction of sp³-hybridized carbons (Fsp3) is 0. The van der Waals surface area contributed by atoms with E-state index in [1.165, 1.54) is 22.3 Å². The van der Waals surface area contributed by atoms with E-state index in [0.29, 0.717) is 0 Å². The van der Waals surface area contributed by atoms with E-state index in [1.807, 2.05) is 6.07 Å². The Labute approximate surface area is 228 Å². The fourth-order valence-electron chi connectivity index (χ4n) is 5.92. The second kappa shape index (κ2) is 8.78. The first-order valence-corrected chi connectivity index (χ1v) is 13.3. The van der Waals surface area contributed by atoms with E-state index in [-0.39, 0.29) is 6.71 Å². The predicted molar refractivity (Wildman–Crippen MR) is 160 cm³/mol. The molecule has 8 rings (SSSR count). The summed E-state index contributed by atoms with van der Waals surface area (Å²) in [6, 6.07) is 48.9. The molecule has 2 nitrogen and oxygen atoms in total. The average Bonchev–Trinajstić information content (AvgIpc) is 3.01. The van der Waals surface area contributed by atoms with Gasteiger partial charge in [-0.25, -0.2) is 0 Å². The normalized spacial score (nSPS) is 12.5. The highest BCUT2D eigenvalue weighted by Crippen LogP contribution is 2.39. The molecule has 0 saturated heterocycles. The quantitative estimate of drug-likeness (QED) is 0.236. The third-order valence-electron chi connectivity index (χ3n) is 7.80. The van der Waals surface area contributed by atoms with Gasteiger partial charge in [0.15, 0.2) is 0 Å². The Kier molecular flexibility index (Phi) is 4.96. The summed E-state index contributed by atoms with van der Waals surface area (Å²) in [4.78, 5) is 0. The lowest BCUT2D eigenvalue weighted by atomic mass is 9.34. The van der Waals surface area contributed by atoms with Gasteiger partial charge in [-0.2, -0.15) is 0 Å². The van der Waals surface area contributed by atoms with Gasteiger partial charge in [0.05, 0.1) is 0 Å². The lowest BCUT2D eigenvalue weighted by Gasteiger charge is -2.34. The van der Waals surface area contributed by atoms with Gasteiger partial charge in [-0.1, -0.05) is 115 Å². The van der Waals surface area contributed by atoms with Gasteiger partial charge in [0.25, 0.3) is 6.71 Å². The highest BCUT2D eigenvalue weighted by Gasteiger charge is 2.40. The topological polar surface area (TPSA) is 18.5 Å². The molecule has 2 aliphatic rings. The standard InChI is InChI=1S/C36H23BO2/c1-4-10-24(11-5-1)27-16-18-32-30(20-27)37-31-21-28(25-12-6-2-7-13-25)17-19-33(31)39-35-23-29(22-34(38-32)36(35)37)26-14-8-3-9-15-26/h1-23H. The van der Waals surface area contributed by atoms with Crippen molar-refractivity contribution in [2.75, 3.05) is 0 Å². The summed E-state index contributed by atoms with van der Waals surface area (Å²) in [5.41, 5.74) is 10.4. The molecule has 6 aromatic carbocycles. The summed E-state index contributed by atoms with van der Waals surface area (Å²) >= 11 is 0. The molecule has 39 heavy (non-hydrogen) atoms. The van der Waals surface area contributed by atoms with Gasteiger partial charge in [0.2, 0.25) is 0 Å². The van der Waals surface area contributed by atoms with E-state index in [0.717, 1.165) is 50.5 Å². The second-order valence-corrected chi connectivity index (χ2v) is 10.1. The van der Waals surface area contributed by atoms with Gasteiger partial charge in [-0.05, 0) is 68.6 Å². The van der Waals surface area contributed by atoms with Crippen LogP contribution in [0.15, 0.2) is 140 Å². The molecule has 0 amide bonds. The lowest BCUT2D eigenvalue weighted by molar-refractivity contribution is 0.465. The van der Waals surface area contributed by atoms with Gasteiger partial charge in [0, 0.05) is 5.46 Å². The van der Waals surface area contributed by atoms with Crippen LogP contribution in [0, 0.1) is 0 Å². The molecule has 0 saturated carbocycles. The summed E-state index contributed by atoms with van der Waals surface area (Å²) in [6.07, 6.45) is 0. The summed E-state index contributed by atoms with van der Waals surface area (Å²) < 4.78 is 13.3. The molecule has 2 heterocycles. The first-order chi connectivity index (χ1) is 19.3.